The van der Waals surface area contributed by atoms with Crippen LogP contribution < -0.4 is 5.32 Å². The molecule has 4 heteroatoms. The lowest BCUT2D eigenvalue weighted by Gasteiger charge is -2.30. The minimum Gasteiger partial charge on any atom is -0.478 e. The molecule has 0 atom stereocenters. The van der Waals surface area contributed by atoms with Crippen LogP contribution in [-0.2, 0) is 6.54 Å². The highest BCUT2D eigenvalue weighted by Crippen LogP contribution is 2.16. The molecule has 1 fully saturated rings. The lowest BCUT2D eigenvalue weighted by Crippen LogP contribution is -2.33. The van der Waals surface area contributed by atoms with Crippen molar-refractivity contribution >= 4 is 5.97 Å². The van der Waals surface area contributed by atoms with E-state index in [2.05, 4.69) is 17.1 Å². The number of rotatable bonds is 8. The largest absolute Gasteiger partial charge is 0.478 e. The first-order chi connectivity index (χ1) is 10.6. The molecular formula is C18H28N2O2. The number of hydrogen-bond acceptors (Lipinski definition) is 3. The van der Waals surface area contributed by atoms with E-state index in [1.165, 1.54) is 45.3 Å². The highest BCUT2D eigenvalue weighted by Gasteiger charge is 2.14. The molecule has 1 aromatic rings. The Bertz CT molecular complexity index is 451. The lowest BCUT2D eigenvalue weighted by molar-refractivity contribution is 0.0697. The van der Waals surface area contributed by atoms with Crippen molar-refractivity contribution in [2.45, 2.75) is 39.2 Å². The van der Waals surface area contributed by atoms with Gasteiger partial charge in [-0.2, -0.15) is 0 Å². The fourth-order valence-electron chi connectivity index (χ4n) is 2.87. The highest BCUT2D eigenvalue weighted by atomic mass is 16.4. The molecule has 122 valence electrons. The maximum atomic E-state index is 10.8. The molecule has 0 amide bonds. The number of benzene rings is 1. The quantitative estimate of drug-likeness (QED) is 0.725. The van der Waals surface area contributed by atoms with Gasteiger partial charge in [0.1, 0.15) is 0 Å². The van der Waals surface area contributed by atoms with Crippen molar-refractivity contribution in [1.82, 2.24) is 10.2 Å². The molecule has 0 radical (unpaired) electrons. The Labute approximate surface area is 133 Å². The number of carboxylic acid groups (broad SMARTS) is 1. The second-order valence-corrected chi connectivity index (χ2v) is 6.41. The van der Waals surface area contributed by atoms with Crippen LogP contribution in [0.25, 0.3) is 0 Å². The molecule has 4 nitrogen and oxygen atoms in total. The smallest absolute Gasteiger partial charge is 0.335 e. The summed E-state index contributed by atoms with van der Waals surface area (Å²) in [6.45, 7) is 7.94. The van der Waals surface area contributed by atoms with Crippen molar-refractivity contribution in [3.63, 3.8) is 0 Å². The Morgan fingerprint density at radius 1 is 1.23 bits per heavy atom. The van der Waals surface area contributed by atoms with Gasteiger partial charge in [-0.25, -0.2) is 4.79 Å². The monoisotopic (exact) mass is 304 g/mol. The van der Waals surface area contributed by atoms with Crippen LogP contribution in [0.4, 0.5) is 0 Å². The van der Waals surface area contributed by atoms with Gasteiger partial charge in [-0.15, -0.1) is 0 Å². The van der Waals surface area contributed by atoms with Gasteiger partial charge in [-0.05, 0) is 75.5 Å². The van der Waals surface area contributed by atoms with Crippen molar-refractivity contribution in [3.8, 4) is 0 Å². The molecule has 1 aliphatic heterocycles. The second kappa shape index (κ2) is 8.91. The molecule has 0 aliphatic carbocycles. The number of carboxylic acids is 1. The SMILES string of the molecule is CC1CCN(CCCCNCc2ccc(C(=O)O)cc2)CC1. The van der Waals surface area contributed by atoms with Gasteiger partial charge in [-0.3, -0.25) is 0 Å². The molecule has 2 rings (SSSR count). The summed E-state index contributed by atoms with van der Waals surface area (Å²) in [5.41, 5.74) is 1.48. The third-order valence-corrected chi connectivity index (χ3v) is 4.48. The fourth-order valence-corrected chi connectivity index (χ4v) is 2.87. The van der Waals surface area contributed by atoms with Crippen molar-refractivity contribution in [3.05, 3.63) is 35.4 Å². The number of carbonyl (C=O) groups is 1. The predicted molar refractivity (Wildman–Crippen MR) is 89.2 cm³/mol. The third-order valence-electron chi connectivity index (χ3n) is 4.48. The number of nitrogens with zero attached hydrogens (tertiary/aromatic N) is 1. The summed E-state index contributed by atoms with van der Waals surface area (Å²) in [6.07, 6.45) is 5.15. The summed E-state index contributed by atoms with van der Waals surface area (Å²) < 4.78 is 0. The maximum Gasteiger partial charge on any atom is 0.335 e. The van der Waals surface area contributed by atoms with Crippen LogP contribution in [0.3, 0.4) is 0 Å². The van der Waals surface area contributed by atoms with E-state index in [1.807, 2.05) is 12.1 Å². The molecule has 0 aromatic heterocycles. The summed E-state index contributed by atoms with van der Waals surface area (Å²) in [6, 6.07) is 7.09. The van der Waals surface area contributed by atoms with Crippen molar-refractivity contribution < 1.29 is 9.90 Å². The van der Waals surface area contributed by atoms with E-state index >= 15 is 0 Å². The molecule has 22 heavy (non-hydrogen) atoms. The molecule has 2 N–H and O–H groups in total. The number of unbranched alkanes of at least 4 members (excludes halogenated alkanes) is 1. The average molecular weight is 304 g/mol. The number of nitrogens with one attached hydrogen (secondary N) is 1. The Morgan fingerprint density at radius 2 is 1.91 bits per heavy atom. The number of aromatic carboxylic acids is 1. The standard InChI is InChI=1S/C18H28N2O2/c1-15-8-12-20(13-9-15)11-3-2-10-19-14-16-4-6-17(7-5-16)18(21)22/h4-7,15,19H,2-3,8-14H2,1H3,(H,21,22). The van der Waals surface area contributed by atoms with Crippen LogP contribution in [0.2, 0.25) is 0 Å². The van der Waals surface area contributed by atoms with Crippen LogP contribution in [0.1, 0.15) is 48.5 Å². The van der Waals surface area contributed by atoms with E-state index < -0.39 is 5.97 Å². The molecule has 1 aromatic carbocycles. The third kappa shape index (κ3) is 5.78. The Balaban J connectivity index is 1.53. The molecule has 0 unspecified atom stereocenters. The van der Waals surface area contributed by atoms with E-state index in [-0.39, 0.29) is 0 Å². The topological polar surface area (TPSA) is 52.6 Å². The van der Waals surface area contributed by atoms with Gasteiger partial charge in [-0.1, -0.05) is 19.1 Å². The van der Waals surface area contributed by atoms with Crippen LogP contribution >= 0.6 is 0 Å². The van der Waals surface area contributed by atoms with Gasteiger partial charge in [0, 0.05) is 6.54 Å². The highest BCUT2D eigenvalue weighted by molar-refractivity contribution is 5.87. The lowest BCUT2D eigenvalue weighted by atomic mass is 9.99. The second-order valence-electron chi connectivity index (χ2n) is 6.41. The van der Waals surface area contributed by atoms with E-state index in [1.54, 1.807) is 12.1 Å². The van der Waals surface area contributed by atoms with Crippen molar-refractivity contribution in [1.29, 1.82) is 0 Å². The van der Waals surface area contributed by atoms with Gasteiger partial charge in [0.05, 0.1) is 5.56 Å². The summed E-state index contributed by atoms with van der Waals surface area (Å²) >= 11 is 0. The Kier molecular flexibility index (Phi) is 6.87. The molecule has 0 bridgehead atoms. The van der Waals surface area contributed by atoms with Crippen molar-refractivity contribution in [2.24, 2.45) is 5.92 Å². The summed E-state index contributed by atoms with van der Waals surface area (Å²) in [7, 11) is 0. The van der Waals surface area contributed by atoms with E-state index in [4.69, 9.17) is 5.11 Å². The minimum absolute atomic E-state index is 0.347. The molecule has 1 saturated heterocycles. The van der Waals surface area contributed by atoms with Gasteiger partial charge in [0.15, 0.2) is 0 Å². The molecular weight excluding hydrogens is 276 g/mol. The first kappa shape index (κ1) is 17.0. The molecule has 1 aliphatic rings. The van der Waals surface area contributed by atoms with Gasteiger partial charge >= 0.3 is 5.97 Å². The average Bonchev–Trinajstić information content (AvgIpc) is 2.53. The number of hydrogen-bond donors (Lipinski definition) is 2. The first-order valence-electron chi connectivity index (χ1n) is 8.40. The first-order valence-corrected chi connectivity index (χ1v) is 8.40. The number of likely N-dealkylation sites (tertiary alicyclic amines) is 1. The fraction of sp³-hybridized carbons (Fsp3) is 0.611. The summed E-state index contributed by atoms with van der Waals surface area (Å²) in [4.78, 5) is 13.4. The number of piperidine rings is 1. The van der Waals surface area contributed by atoms with Crippen LogP contribution in [0.5, 0.6) is 0 Å². The summed E-state index contributed by atoms with van der Waals surface area (Å²) in [5.74, 6) is 0.0389. The van der Waals surface area contributed by atoms with E-state index in [0.29, 0.717) is 5.56 Å². The molecule has 0 spiro atoms. The molecule has 1 heterocycles. The zero-order valence-electron chi connectivity index (χ0n) is 13.6. The van der Waals surface area contributed by atoms with Crippen molar-refractivity contribution in [2.75, 3.05) is 26.2 Å². The maximum absolute atomic E-state index is 10.8. The zero-order valence-corrected chi connectivity index (χ0v) is 13.6. The van der Waals surface area contributed by atoms with Gasteiger partial charge in [0.25, 0.3) is 0 Å². The van der Waals surface area contributed by atoms with Gasteiger partial charge in [0.2, 0.25) is 0 Å². The van der Waals surface area contributed by atoms with E-state index in [9.17, 15) is 4.79 Å². The van der Waals surface area contributed by atoms with Crippen LogP contribution in [-0.4, -0.2) is 42.2 Å². The predicted octanol–water partition coefficient (Wildman–Crippen LogP) is 2.99. The Hall–Kier alpha value is -1.39. The van der Waals surface area contributed by atoms with Crippen LogP contribution in [0.15, 0.2) is 24.3 Å². The Morgan fingerprint density at radius 3 is 2.55 bits per heavy atom. The minimum atomic E-state index is -0.869. The normalized spacial score (nSPS) is 16.8. The van der Waals surface area contributed by atoms with E-state index in [0.717, 1.165) is 24.6 Å². The summed E-state index contributed by atoms with van der Waals surface area (Å²) in [5, 5.41) is 12.3. The van der Waals surface area contributed by atoms with Gasteiger partial charge < -0.3 is 15.3 Å². The van der Waals surface area contributed by atoms with Crippen LogP contribution in [0, 0.1) is 5.92 Å². The zero-order chi connectivity index (χ0) is 15.8. The molecule has 0 saturated carbocycles.